The summed E-state index contributed by atoms with van der Waals surface area (Å²) >= 11 is 0. The summed E-state index contributed by atoms with van der Waals surface area (Å²) in [6.45, 7) is 0.208. The Hall–Kier alpha value is -2.54. The number of fused-ring (bicyclic) bond motifs is 1. The molecule has 0 saturated carbocycles. The molecule has 1 atom stereocenters. The van der Waals surface area contributed by atoms with Crippen molar-refractivity contribution in [2.75, 3.05) is 6.79 Å². The molecule has 3 nitrogen and oxygen atoms in total. The third kappa shape index (κ3) is 2.43. The zero-order valence-electron chi connectivity index (χ0n) is 10.7. The van der Waals surface area contributed by atoms with Crippen molar-refractivity contribution in [2.45, 2.75) is 12.3 Å². The standard InChI is InChI=1S/C16H12FNO2/c17-14-3-1-2-11(7-14)6-13(9-18)12-4-5-15-16(8-12)20-10-19-15/h1-5,7-8,13H,6,10H2. The summed E-state index contributed by atoms with van der Waals surface area (Å²) in [5, 5.41) is 9.34. The van der Waals surface area contributed by atoms with Gasteiger partial charge in [0, 0.05) is 0 Å². The number of halogens is 1. The summed E-state index contributed by atoms with van der Waals surface area (Å²) in [5.41, 5.74) is 1.65. The molecule has 0 N–H and O–H groups in total. The van der Waals surface area contributed by atoms with Crippen LogP contribution in [0.5, 0.6) is 11.5 Å². The number of rotatable bonds is 3. The Balaban J connectivity index is 1.85. The Morgan fingerprint density at radius 3 is 2.80 bits per heavy atom. The monoisotopic (exact) mass is 269 g/mol. The maximum absolute atomic E-state index is 13.2. The second kappa shape index (κ2) is 5.22. The molecule has 0 spiro atoms. The first-order chi connectivity index (χ1) is 9.76. The van der Waals surface area contributed by atoms with Gasteiger partial charge in [0.15, 0.2) is 11.5 Å². The SMILES string of the molecule is N#CC(Cc1cccc(F)c1)c1ccc2c(c1)OCO2. The molecule has 0 bridgehead atoms. The lowest BCUT2D eigenvalue weighted by Crippen LogP contribution is -2.01. The highest BCUT2D eigenvalue weighted by Crippen LogP contribution is 2.35. The average Bonchev–Trinajstić information content (AvgIpc) is 2.92. The van der Waals surface area contributed by atoms with Crippen molar-refractivity contribution in [3.8, 4) is 17.6 Å². The van der Waals surface area contributed by atoms with Crippen molar-refractivity contribution in [1.82, 2.24) is 0 Å². The van der Waals surface area contributed by atoms with Crippen molar-refractivity contribution in [1.29, 1.82) is 5.26 Å². The van der Waals surface area contributed by atoms with E-state index in [1.165, 1.54) is 12.1 Å². The van der Waals surface area contributed by atoms with Gasteiger partial charge in [0.1, 0.15) is 5.82 Å². The molecular formula is C16H12FNO2. The van der Waals surface area contributed by atoms with Gasteiger partial charge in [-0.05, 0) is 41.8 Å². The van der Waals surface area contributed by atoms with Gasteiger partial charge in [-0.2, -0.15) is 5.26 Å². The van der Waals surface area contributed by atoms with Crippen LogP contribution in [0.25, 0.3) is 0 Å². The normalized spacial score (nSPS) is 13.8. The van der Waals surface area contributed by atoms with Crippen molar-refractivity contribution >= 4 is 0 Å². The largest absolute Gasteiger partial charge is 0.454 e. The van der Waals surface area contributed by atoms with E-state index >= 15 is 0 Å². The van der Waals surface area contributed by atoms with E-state index in [2.05, 4.69) is 6.07 Å². The molecule has 1 aliphatic heterocycles. The highest BCUT2D eigenvalue weighted by atomic mass is 19.1. The van der Waals surface area contributed by atoms with E-state index in [9.17, 15) is 9.65 Å². The molecular weight excluding hydrogens is 257 g/mol. The van der Waals surface area contributed by atoms with Crippen LogP contribution in [-0.4, -0.2) is 6.79 Å². The molecule has 2 aromatic carbocycles. The van der Waals surface area contributed by atoms with E-state index in [1.54, 1.807) is 12.1 Å². The Morgan fingerprint density at radius 1 is 1.15 bits per heavy atom. The Labute approximate surface area is 116 Å². The van der Waals surface area contributed by atoms with E-state index in [0.717, 1.165) is 11.1 Å². The lowest BCUT2D eigenvalue weighted by atomic mass is 9.93. The third-order valence-electron chi connectivity index (χ3n) is 3.28. The topological polar surface area (TPSA) is 42.2 Å². The molecule has 100 valence electrons. The molecule has 0 aromatic heterocycles. The number of hydrogen-bond donors (Lipinski definition) is 0. The first kappa shape index (κ1) is 12.5. The molecule has 0 amide bonds. The fourth-order valence-electron chi connectivity index (χ4n) is 2.27. The minimum Gasteiger partial charge on any atom is -0.454 e. The van der Waals surface area contributed by atoms with Gasteiger partial charge < -0.3 is 9.47 Å². The van der Waals surface area contributed by atoms with E-state index < -0.39 is 0 Å². The predicted molar refractivity (Wildman–Crippen MR) is 71.0 cm³/mol. The zero-order valence-corrected chi connectivity index (χ0v) is 10.7. The first-order valence-corrected chi connectivity index (χ1v) is 6.30. The fraction of sp³-hybridized carbons (Fsp3) is 0.188. The van der Waals surface area contributed by atoms with Gasteiger partial charge >= 0.3 is 0 Å². The number of nitriles is 1. The van der Waals surface area contributed by atoms with Gasteiger partial charge in [-0.1, -0.05) is 18.2 Å². The van der Waals surface area contributed by atoms with Crippen molar-refractivity contribution < 1.29 is 13.9 Å². The summed E-state index contributed by atoms with van der Waals surface area (Å²) in [5.74, 6) is 0.717. The summed E-state index contributed by atoms with van der Waals surface area (Å²) < 4.78 is 23.7. The minimum absolute atomic E-state index is 0.208. The Kier molecular flexibility index (Phi) is 3.26. The predicted octanol–water partition coefficient (Wildman–Crippen LogP) is 3.40. The van der Waals surface area contributed by atoms with E-state index in [1.807, 2.05) is 18.2 Å². The molecule has 3 rings (SSSR count). The van der Waals surface area contributed by atoms with Crippen LogP contribution < -0.4 is 9.47 Å². The van der Waals surface area contributed by atoms with Crippen molar-refractivity contribution in [3.63, 3.8) is 0 Å². The highest BCUT2D eigenvalue weighted by molar-refractivity contribution is 5.46. The summed E-state index contributed by atoms with van der Waals surface area (Å²) in [4.78, 5) is 0. The molecule has 4 heteroatoms. The van der Waals surface area contributed by atoms with Crippen LogP contribution >= 0.6 is 0 Å². The molecule has 1 unspecified atom stereocenters. The van der Waals surface area contributed by atoms with Crippen molar-refractivity contribution in [3.05, 3.63) is 59.4 Å². The molecule has 0 saturated heterocycles. The van der Waals surface area contributed by atoms with Crippen LogP contribution in [0.1, 0.15) is 17.0 Å². The fourth-order valence-corrected chi connectivity index (χ4v) is 2.27. The van der Waals surface area contributed by atoms with E-state index in [-0.39, 0.29) is 18.5 Å². The summed E-state index contributed by atoms with van der Waals surface area (Å²) in [6.07, 6.45) is 0.466. The van der Waals surface area contributed by atoms with Crippen LogP contribution in [0.3, 0.4) is 0 Å². The number of nitrogens with zero attached hydrogens (tertiary/aromatic N) is 1. The van der Waals surface area contributed by atoms with E-state index in [0.29, 0.717) is 17.9 Å². The van der Waals surface area contributed by atoms with Crippen LogP contribution in [0.4, 0.5) is 4.39 Å². The lowest BCUT2D eigenvalue weighted by Gasteiger charge is -2.10. The smallest absolute Gasteiger partial charge is 0.231 e. The van der Waals surface area contributed by atoms with Crippen LogP contribution in [0, 0.1) is 17.1 Å². The van der Waals surface area contributed by atoms with Crippen LogP contribution in [0.15, 0.2) is 42.5 Å². The van der Waals surface area contributed by atoms with Gasteiger partial charge in [0.05, 0.1) is 12.0 Å². The maximum atomic E-state index is 13.2. The molecule has 1 aliphatic rings. The van der Waals surface area contributed by atoms with Gasteiger partial charge in [-0.25, -0.2) is 4.39 Å². The minimum atomic E-state index is -0.341. The van der Waals surface area contributed by atoms with E-state index in [4.69, 9.17) is 9.47 Å². The lowest BCUT2D eigenvalue weighted by molar-refractivity contribution is 0.174. The summed E-state index contributed by atoms with van der Waals surface area (Å²) in [6, 6.07) is 14.0. The quantitative estimate of drug-likeness (QED) is 0.857. The molecule has 0 radical (unpaired) electrons. The second-order valence-electron chi connectivity index (χ2n) is 4.63. The third-order valence-corrected chi connectivity index (χ3v) is 3.28. The Bertz CT molecular complexity index is 678. The highest BCUT2D eigenvalue weighted by Gasteiger charge is 2.18. The molecule has 1 heterocycles. The second-order valence-corrected chi connectivity index (χ2v) is 4.63. The number of ether oxygens (including phenoxy) is 2. The zero-order chi connectivity index (χ0) is 13.9. The van der Waals surface area contributed by atoms with Gasteiger partial charge in [0.25, 0.3) is 0 Å². The molecule has 20 heavy (non-hydrogen) atoms. The molecule has 0 aliphatic carbocycles. The van der Waals surface area contributed by atoms with Crippen molar-refractivity contribution in [2.24, 2.45) is 0 Å². The van der Waals surface area contributed by atoms with Crippen LogP contribution in [0.2, 0.25) is 0 Å². The summed E-state index contributed by atoms with van der Waals surface area (Å²) in [7, 11) is 0. The average molecular weight is 269 g/mol. The first-order valence-electron chi connectivity index (χ1n) is 6.30. The Morgan fingerprint density at radius 2 is 2.00 bits per heavy atom. The molecule has 0 fully saturated rings. The number of benzene rings is 2. The van der Waals surface area contributed by atoms with Gasteiger partial charge in [-0.3, -0.25) is 0 Å². The number of hydrogen-bond acceptors (Lipinski definition) is 3. The van der Waals surface area contributed by atoms with Gasteiger partial charge in [0.2, 0.25) is 6.79 Å². The molecule has 2 aromatic rings. The maximum Gasteiger partial charge on any atom is 0.231 e. The van der Waals surface area contributed by atoms with Gasteiger partial charge in [-0.15, -0.1) is 0 Å². The van der Waals surface area contributed by atoms with Crippen LogP contribution in [-0.2, 0) is 6.42 Å².